The van der Waals surface area contributed by atoms with E-state index in [0.717, 1.165) is 4.47 Å². The Balaban J connectivity index is 2.34. The fourth-order valence-corrected chi connectivity index (χ4v) is 5.77. The number of benzene rings is 1. The van der Waals surface area contributed by atoms with Gasteiger partial charge in [0.05, 0.1) is 11.8 Å². The van der Waals surface area contributed by atoms with Crippen molar-refractivity contribution in [3.8, 4) is 0 Å². The van der Waals surface area contributed by atoms with Crippen LogP contribution in [0.2, 0.25) is 0 Å². The maximum atomic E-state index is 13.8. The standard InChI is InChI=1S/C26H37Br2ClN2O6/c1-5-21(36-12-6-7-22(29)33)24(34)31(18-8-10-19(32)11-9-18)15-16-13-17(27)14-20(28)23(16)30-25(35)37-26(2,3)4/h13-14,18-19,21,32H,5-12,15H2,1-4H3,(H,30,35). The lowest BCUT2D eigenvalue weighted by atomic mass is 9.91. The van der Waals surface area contributed by atoms with Crippen LogP contribution in [0.1, 0.15) is 78.2 Å². The number of hydrogen-bond acceptors (Lipinski definition) is 6. The van der Waals surface area contributed by atoms with Crippen molar-refractivity contribution in [3.63, 3.8) is 0 Å². The molecule has 0 aromatic heterocycles. The summed E-state index contributed by atoms with van der Waals surface area (Å²) in [6.07, 6.45) is 1.96. The summed E-state index contributed by atoms with van der Waals surface area (Å²) in [5, 5.41) is 12.4. The second kappa shape index (κ2) is 14.8. The van der Waals surface area contributed by atoms with E-state index in [9.17, 15) is 19.5 Å². The molecule has 1 aromatic carbocycles. The van der Waals surface area contributed by atoms with Gasteiger partial charge in [-0.2, -0.15) is 0 Å². The molecule has 208 valence electrons. The van der Waals surface area contributed by atoms with E-state index < -0.39 is 23.0 Å². The van der Waals surface area contributed by atoms with Crippen LogP contribution in [-0.2, 0) is 25.6 Å². The van der Waals surface area contributed by atoms with Crippen LogP contribution in [0.15, 0.2) is 21.1 Å². The van der Waals surface area contributed by atoms with Crippen molar-refractivity contribution in [1.29, 1.82) is 0 Å². The van der Waals surface area contributed by atoms with Gasteiger partial charge in [0, 0.05) is 34.6 Å². The van der Waals surface area contributed by atoms with E-state index >= 15 is 0 Å². The van der Waals surface area contributed by atoms with Gasteiger partial charge in [-0.1, -0.05) is 22.9 Å². The first-order valence-electron chi connectivity index (χ1n) is 12.6. The third-order valence-corrected chi connectivity index (χ3v) is 7.25. The van der Waals surface area contributed by atoms with Gasteiger partial charge in [-0.25, -0.2) is 4.79 Å². The van der Waals surface area contributed by atoms with Crippen LogP contribution in [0.5, 0.6) is 0 Å². The molecular weight excluding hydrogens is 632 g/mol. The van der Waals surface area contributed by atoms with Crippen LogP contribution in [0.3, 0.4) is 0 Å². The molecule has 37 heavy (non-hydrogen) atoms. The first-order chi connectivity index (χ1) is 17.3. The topological polar surface area (TPSA) is 105 Å². The number of halogens is 3. The lowest BCUT2D eigenvalue weighted by molar-refractivity contribution is -0.148. The van der Waals surface area contributed by atoms with E-state index in [1.165, 1.54) is 0 Å². The van der Waals surface area contributed by atoms with Crippen molar-refractivity contribution >= 4 is 66.4 Å². The molecular formula is C26H37Br2ClN2O6. The van der Waals surface area contributed by atoms with Crippen molar-refractivity contribution < 1.29 is 29.0 Å². The van der Waals surface area contributed by atoms with Gasteiger partial charge in [0.1, 0.15) is 11.7 Å². The van der Waals surface area contributed by atoms with E-state index in [1.54, 1.807) is 25.7 Å². The zero-order valence-electron chi connectivity index (χ0n) is 21.8. The van der Waals surface area contributed by atoms with Crippen molar-refractivity contribution in [2.75, 3.05) is 11.9 Å². The molecule has 8 nitrogen and oxygen atoms in total. The van der Waals surface area contributed by atoms with Crippen molar-refractivity contribution in [1.82, 2.24) is 4.90 Å². The molecule has 1 aromatic rings. The van der Waals surface area contributed by atoms with E-state index in [0.29, 0.717) is 54.2 Å². The van der Waals surface area contributed by atoms with E-state index in [-0.39, 0.29) is 37.6 Å². The van der Waals surface area contributed by atoms with Crippen LogP contribution in [0, 0.1) is 0 Å². The van der Waals surface area contributed by atoms with Crippen LogP contribution in [0.4, 0.5) is 10.5 Å². The highest BCUT2D eigenvalue weighted by Crippen LogP contribution is 2.34. The number of aliphatic hydroxyl groups is 1. The maximum Gasteiger partial charge on any atom is 0.412 e. The third-order valence-electron chi connectivity index (χ3n) is 5.98. The summed E-state index contributed by atoms with van der Waals surface area (Å²) in [6.45, 7) is 7.71. The van der Waals surface area contributed by atoms with E-state index in [2.05, 4.69) is 37.2 Å². The van der Waals surface area contributed by atoms with E-state index in [1.807, 2.05) is 19.1 Å². The first kappa shape index (κ1) is 32.0. The van der Waals surface area contributed by atoms with Gasteiger partial charge >= 0.3 is 6.09 Å². The minimum absolute atomic E-state index is 0.0925. The predicted octanol–water partition coefficient (Wildman–Crippen LogP) is 6.53. The molecule has 0 saturated heterocycles. The minimum atomic E-state index is -0.685. The predicted molar refractivity (Wildman–Crippen MR) is 151 cm³/mol. The number of nitrogens with zero attached hydrogens (tertiary/aromatic N) is 1. The highest BCUT2D eigenvalue weighted by molar-refractivity contribution is 9.11. The molecule has 1 unspecified atom stereocenters. The number of carbonyl (C=O) groups excluding carboxylic acids is 3. The second-order valence-corrected chi connectivity index (χ2v) is 12.4. The van der Waals surface area contributed by atoms with Gasteiger partial charge in [0.2, 0.25) is 5.24 Å². The quantitative estimate of drug-likeness (QED) is 0.205. The Labute approximate surface area is 241 Å². The largest absolute Gasteiger partial charge is 0.444 e. The number of hydrogen-bond donors (Lipinski definition) is 2. The molecule has 0 spiro atoms. The lowest BCUT2D eigenvalue weighted by Crippen LogP contribution is -2.47. The zero-order chi connectivity index (χ0) is 27.8. The van der Waals surface area contributed by atoms with Crippen molar-refractivity contribution in [2.24, 2.45) is 0 Å². The number of carbonyl (C=O) groups is 3. The Morgan fingerprint density at radius 1 is 1.19 bits per heavy atom. The number of anilines is 1. The molecule has 1 fully saturated rings. The molecule has 1 atom stereocenters. The van der Waals surface area contributed by atoms with E-state index in [4.69, 9.17) is 21.1 Å². The Kier molecular flexibility index (Phi) is 12.8. The Bertz CT molecular complexity index is 948. The highest BCUT2D eigenvalue weighted by atomic mass is 79.9. The molecule has 11 heteroatoms. The van der Waals surface area contributed by atoms with Gasteiger partial charge < -0.3 is 19.5 Å². The molecule has 0 bridgehead atoms. The average Bonchev–Trinajstić information content (AvgIpc) is 2.78. The summed E-state index contributed by atoms with van der Waals surface area (Å²) >= 11 is 12.5. The summed E-state index contributed by atoms with van der Waals surface area (Å²) in [6, 6.07) is 3.59. The summed E-state index contributed by atoms with van der Waals surface area (Å²) in [7, 11) is 0. The number of ether oxygens (including phenoxy) is 2. The first-order valence-corrected chi connectivity index (χ1v) is 14.5. The van der Waals surface area contributed by atoms with Crippen LogP contribution >= 0.6 is 43.5 Å². The Hall–Kier alpha value is -1.20. The summed E-state index contributed by atoms with van der Waals surface area (Å²) in [5.74, 6) is -0.166. The molecule has 2 rings (SSSR count). The van der Waals surface area contributed by atoms with Crippen molar-refractivity contribution in [2.45, 2.75) is 103 Å². The molecule has 2 N–H and O–H groups in total. The molecule has 0 aliphatic heterocycles. The molecule has 1 saturated carbocycles. The normalized spacial score (nSPS) is 18.7. The third kappa shape index (κ3) is 10.8. The molecule has 1 aliphatic rings. The second-order valence-electron chi connectivity index (χ2n) is 10.2. The monoisotopic (exact) mass is 666 g/mol. The zero-order valence-corrected chi connectivity index (χ0v) is 25.7. The molecule has 0 radical (unpaired) electrons. The van der Waals surface area contributed by atoms with Crippen LogP contribution < -0.4 is 5.32 Å². The number of rotatable bonds is 11. The fraction of sp³-hybridized carbons (Fsp3) is 0.654. The smallest absolute Gasteiger partial charge is 0.412 e. The van der Waals surface area contributed by atoms with Gasteiger partial charge in [0.25, 0.3) is 5.91 Å². The van der Waals surface area contributed by atoms with Gasteiger partial charge in [-0.05, 0) is 105 Å². The van der Waals surface area contributed by atoms with Gasteiger partial charge in [-0.15, -0.1) is 0 Å². The SMILES string of the molecule is CCC(OCCCC(=O)Cl)C(=O)N(Cc1cc(Br)cc(Br)c1NC(=O)OC(C)(C)C)C1CCC(O)CC1. The number of amides is 2. The Morgan fingerprint density at radius 3 is 2.41 bits per heavy atom. The highest BCUT2D eigenvalue weighted by Gasteiger charge is 2.33. The molecule has 2 amide bonds. The Morgan fingerprint density at radius 2 is 1.84 bits per heavy atom. The fourth-order valence-electron chi connectivity index (χ4n) is 4.22. The van der Waals surface area contributed by atoms with Crippen LogP contribution in [-0.4, -0.2) is 57.7 Å². The van der Waals surface area contributed by atoms with Gasteiger partial charge in [-0.3, -0.25) is 14.9 Å². The number of aliphatic hydroxyl groups excluding tert-OH is 1. The summed E-state index contributed by atoms with van der Waals surface area (Å²) in [4.78, 5) is 39.2. The lowest BCUT2D eigenvalue weighted by Gasteiger charge is -2.38. The van der Waals surface area contributed by atoms with Crippen LogP contribution in [0.25, 0.3) is 0 Å². The van der Waals surface area contributed by atoms with Crippen molar-refractivity contribution in [3.05, 3.63) is 26.6 Å². The summed E-state index contributed by atoms with van der Waals surface area (Å²) < 4.78 is 12.7. The molecule has 0 heterocycles. The minimum Gasteiger partial charge on any atom is -0.444 e. The number of nitrogens with one attached hydrogen (secondary N) is 1. The maximum absolute atomic E-state index is 13.8. The average molecular weight is 669 g/mol. The molecule has 1 aliphatic carbocycles. The summed E-state index contributed by atoms with van der Waals surface area (Å²) in [5.41, 5.74) is 0.561. The van der Waals surface area contributed by atoms with Gasteiger partial charge in [0.15, 0.2) is 0 Å².